The maximum atomic E-state index is 12.1. The minimum atomic E-state index is -0.109. The van der Waals surface area contributed by atoms with Crippen molar-refractivity contribution in [2.24, 2.45) is 5.92 Å². The molecule has 0 saturated carbocycles. The standard InChI is InChI=1S/C15H25N3O/c1-5-12(9-16-4)14(19)18-11-15(2,3)13-7-6-8-17-10-13/h6-8,10,12,16H,5,9,11H2,1-4H3,(H,18,19). The lowest BCUT2D eigenvalue weighted by atomic mass is 9.85. The number of nitrogens with one attached hydrogen (secondary N) is 2. The van der Waals surface area contributed by atoms with Crippen molar-refractivity contribution in [2.75, 3.05) is 20.1 Å². The second kappa shape index (κ2) is 7.24. The second-order valence-electron chi connectivity index (χ2n) is 5.51. The van der Waals surface area contributed by atoms with Crippen molar-refractivity contribution >= 4 is 5.91 Å². The lowest BCUT2D eigenvalue weighted by molar-refractivity contribution is -0.125. The second-order valence-corrected chi connectivity index (χ2v) is 5.51. The van der Waals surface area contributed by atoms with E-state index in [1.807, 2.05) is 32.3 Å². The molecule has 1 aromatic rings. The minimum Gasteiger partial charge on any atom is -0.355 e. The van der Waals surface area contributed by atoms with E-state index in [1.165, 1.54) is 0 Å². The van der Waals surface area contributed by atoms with Crippen LogP contribution < -0.4 is 10.6 Å². The highest BCUT2D eigenvalue weighted by Gasteiger charge is 2.23. The Labute approximate surface area is 116 Å². The number of rotatable bonds is 7. The van der Waals surface area contributed by atoms with Gasteiger partial charge in [0.1, 0.15) is 0 Å². The average molecular weight is 263 g/mol. The number of pyridine rings is 1. The highest BCUT2D eigenvalue weighted by Crippen LogP contribution is 2.21. The molecule has 0 saturated heterocycles. The molecule has 19 heavy (non-hydrogen) atoms. The predicted octanol–water partition coefficient (Wildman–Crippen LogP) is 1.72. The van der Waals surface area contributed by atoms with E-state index in [1.54, 1.807) is 6.20 Å². The third-order valence-corrected chi connectivity index (χ3v) is 3.46. The zero-order valence-electron chi connectivity index (χ0n) is 12.4. The topological polar surface area (TPSA) is 54.0 Å². The molecule has 0 spiro atoms. The van der Waals surface area contributed by atoms with Gasteiger partial charge in [-0.2, -0.15) is 0 Å². The Morgan fingerprint density at radius 2 is 2.21 bits per heavy atom. The van der Waals surface area contributed by atoms with Crippen molar-refractivity contribution in [2.45, 2.75) is 32.6 Å². The monoisotopic (exact) mass is 263 g/mol. The van der Waals surface area contributed by atoms with Crippen LogP contribution in [-0.2, 0) is 10.2 Å². The summed E-state index contributed by atoms with van der Waals surface area (Å²) >= 11 is 0. The highest BCUT2D eigenvalue weighted by molar-refractivity contribution is 5.78. The summed E-state index contributed by atoms with van der Waals surface area (Å²) < 4.78 is 0. The summed E-state index contributed by atoms with van der Waals surface area (Å²) in [5, 5.41) is 6.11. The Kier molecular flexibility index (Phi) is 5.96. The Morgan fingerprint density at radius 1 is 1.47 bits per heavy atom. The molecule has 1 aromatic heterocycles. The molecule has 0 aromatic carbocycles. The fourth-order valence-corrected chi connectivity index (χ4v) is 1.99. The van der Waals surface area contributed by atoms with Crippen molar-refractivity contribution in [3.05, 3.63) is 30.1 Å². The first-order valence-electron chi connectivity index (χ1n) is 6.84. The number of hydrogen-bond donors (Lipinski definition) is 2. The maximum absolute atomic E-state index is 12.1. The van der Waals surface area contributed by atoms with Crippen molar-refractivity contribution in [1.82, 2.24) is 15.6 Å². The van der Waals surface area contributed by atoms with Gasteiger partial charge in [0.25, 0.3) is 0 Å². The van der Waals surface area contributed by atoms with Crippen molar-refractivity contribution < 1.29 is 4.79 Å². The van der Waals surface area contributed by atoms with Crippen LogP contribution >= 0.6 is 0 Å². The molecule has 2 N–H and O–H groups in total. The molecule has 0 fully saturated rings. The molecular weight excluding hydrogens is 238 g/mol. The third-order valence-electron chi connectivity index (χ3n) is 3.46. The van der Waals surface area contributed by atoms with Gasteiger partial charge in [0.05, 0.1) is 5.92 Å². The lowest BCUT2D eigenvalue weighted by Gasteiger charge is -2.26. The van der Waals surface area contributed by atoms with Crippen LogP contribution in [0, 0.1) is 5.92 Å². The molecule has 1 unspecified atom stereocenters. The molecule has 0 bridgehead atoms. The molecule has 1 rings (SSSR count). The van der Waals surface area contributed by atoms with Gasteiger partial charge in [-0.25, -0.2) is 0 Å². The first-order valence-corrected chi connectivity index (χ1v) is 6.84. The molecule has 0 aliphatic rings. The molecule has 4 nitrogen and oxygen atoms in total. The van der Waals surface area contributed by atoms with Gasteiger partial charge in [-0.3, -0.25) is 9.78 Å². The molecule has 106 valence electrons. The van der Waals surface area contributed by atoms with Crippen LogP contribution in [0.25, 0.3) is 0 Å². The molecule has 1 atom stereocenters. The normalized spacial score (nSPS) is 13.1. The Balaban J connectivity index is 2.58. The van der Waals surface area contributed by atoms with E-state index in [2.05, 4.69) is 29.5 Å². The Bertz CT molecular complexity index is 390. The highest BCUT2D eigenvalue weighted by atomic mass is 16.1. The molecule has 0 aliphatic heterocycles. The quantitative estimate of drug-likeness (QED) is 0.787. The van der Waals surface area contributed by atoms with Crippen LogP contribution in [0.3, 0.4) is 0 Å². The van der Waals surface area contributed by atoms with E-state index >= 15 is 0 Å². The van der Waals surface area contributed by atoms with Crippen molar-refractivity contribution in [1.29, 1.82) is 0 Å². The van der Waals surface area contributed by atoms with Crippen LogP contribution in [-0.4, -0.2) is 31.0 Å². The first-order chi connectivity index (χ1) is 9.01. The van der Waals surface area contributed by atoms with E-state index in [0.29, 0.717) is 6.54 Å². The van der Waals surface area contributed by atoms with Crippen LogP contribution in [0.15, 0.2) is 24.5 Å². The zero-order chi connectivity index (χ0) is 14.3. The zero-order valence-corrected chi connectivity index (χ0v) is 12.4. The van der Waals surface area contributed by atoms with Crippen molar-refractivity contribution in [3.63, 3.8) is 0 Å². The Morgan fingerprint density at radius 3 is 2.74 bits per heavy atom. The maximum Gasteiger partial charge on any atom is 0.224 e. The van der Waals surface area contributed by atoms with Crippen LogP contribution in [0.1, 0.15) is 32.8 Å². The van der Waals surface area contributed by atoms with E-state index in [0.717, 1.165) is 18.5 Å². The smallest absolute Gasteiger partial charge is 0.224 e. The summed E-state index contributed by atoms with van der Waals surface area (Å²) in [6.07, 6.45) is 4.47. The number of nitrogens with zero attached hydrogens (tertiary/aromatic N) is 1. The summed E-state index contributed by atoms with van der Waals surface area (Å²) in [6, 6.07) is 3.97. The molecule has 4 heteroatoms. The Hall–Kier alpha value is -1.42. The van der Waals surface area contributed by atoms with Gasteiger partial charge >= 0.3 is 0 Å². The fourth-order valence-electron chi connectivity index (χ4n) is 1.99. The van der Waals surface area contributed by atoms with E-state index in [4.69, 9.17) is 0 Å². The minimum absolute atomic E-state index is 0.0368. The van der Waals surface area contributed by atoms with Crippen LogP contribution in [0.2, 0.25) is 0 Å². The van der Waals surface area contributed by atoms with Gasteiger partial charge in [0, 0.05) is 30.9 Å². The summed E-state index contributed by atoms with van der Waals surface area (Å²) in [6.45, 7) is 7.61. The predicted molar refractivity (Wildman–Crippen MR) is 78.0 cm³/mol. The van der Waals surface area contributed by atoms with Gasteiger partial charge < -0.3 is 10.6 Å². The SMILES string of the molecule is CCC(CNC)C(=O)NCC(C)(C)c1cccnc1. The fraction of sp³-hybridized carbons (Fsp3) is 0.600. The van der Waals surface area contributed by atoms with E-state index in [-0.39, 0.29) is 17.2 Å². The summed E-state index contributed by atoms with van der Waals surface area (Å²) in [5.74, 6) is 0.156. The number of carbonyl (C=O) groups excluding carboxylic acids is 1. The molecular formula is C15H25N3O. The van der Waals surface area contributed by atoms with Crippen LogP contribution in [0.4, 0.5) is 0 Å². The number of amides is 1. The summed E-state index contributed by atoms with van der Waals surface area (Å²) in [4.78, 5) is 16.2. The van der Waals surface area contributed by atoms with Crippen LogP contribution in [0.5, 0.6) is 0 Å². The molecule has 0 aliphatic carbocycles. The summed E-state index contributed by atoms with van der Waals surface area (Å²) in [7, 11) is 1.87. The molecule has 0 radical (unpaired) electrons. The molecule has 1 heterocycles. The largest absolute Gasteiger partial charge is 0.355 e. The van der Waals surface area contributed by atoms with Gasteiger partial charge in [0.15, 0.2) is 0 Å². The number of carbonyl (C=O) groups is 1. The lowest BCUT2D eigenvalue weighted by Crippen LogP contribution is -2.41. The van der Waals surface area contributed by atoms with Gasteiger partial charge in [0.2, 0.25) is 5.91 Å². The van der Waals surface area contributed by atoms with Gasteiger partial charge in [-0.15, -0.1) is 0 Å². The van der Waals surface area contributed by atoms with E-state index < -0.39 is 0 Å². The van der Waals surface area contributed by atoms with Crippen molar-refractivity contribution in [3.8, 4) is 0 Å². The first kappa shape index (κ1) is 15.6. The van der Waals surface area contributed by atoms with Gasteiger partial charge in [-0.1, -0.05) is 26.8 Å². The average Bonchev–Trinajstić information content (AvgIpc) is 2.43. The van der Waals surface area contributed by atoms with Gasteiger partial charge in [-0.05, 0) is 25.1 Å². The summed E-state index contributed by atoms with van der Waals surface area (Å²) in [5.41, 5.74) is 1.03. The van der Waals surface area contributed by atoms with E-state index in [9.17, 15) is 4.79 Å². The molecule has 1 amide bonds. The number of aromatic nitrogens is 1. The number of hydrogen-bond acceptors (Lipinski definition) is 3. The third kappa shape index (κ3) is 4.63.